The fraction of sp³-hybridized carbons (Fsp3) is 0.0455. The lowest BCUT2D eigenvalue weighted by Crippen LogP contribution is -2.13. The van der Waals surface area contributed by atoms with Gasteiger partial charge in [0.2, 0.25) is 0 Å². The van der Waals surface area contributed by atoms with E-state index in [1.54, 1.807) is 18.3 Å². The highest BCUT2D eigenvalue weighted by Crippen LogP contribution is 2.39. The Labute approximate surface area is 170 Å². The summed E-state index contributed by atoms with van der Waals surface area (Å²) >= 11 is 2.26. The maximum Gasteiger partial charge on any atom is 0.147 e. The molecule has 0 aliphatic heterocycles. The van der Waals surface area contributed by atoms with Crippen LogP contribution in [0, 0.1) is 3.57 Å². The van der Waals surface area contributed by atoms with Crippen LogP contribution in [-0.2, 0) is 0 Å². The Morgan fingerprint density at radius 2 is 1.59 bits per heavy atom. The van der Waals surface area contributed by atoms with Gasteiger partial charge >= 0.3 is 0 Å². The van der Waals surface area contributed by atoms with Crippen molar-refractivity contribution in [2.45, 2.75) is 6.04 Å². The molecule has 3 aromatic carbocycles. The summed E-state index contributed by atoms with van der Waals surface area (Å²) in [4.78, 5) is 4.32. The molecule has 4 aromatic rings. The summed E-state index contributed by atoms with van der Waals surface area (Å²) in [6, 6.07) is 22.2. The van der Waals surface area contributed by atoms with Crippen molar-refractivity contribution in [1.29, 1.82) is 0 Å². The van der Waals surface area contributed by atoms with Gasteiger partial charge in [-0.15, -0.1) is 0 Å². The summed E-state index contributed by atoms with van der Waals surface area (Å²) in [6.07, 6.45) is 1.66. The van der Waals surface area contributed by atoms with Gasteiger partial charge in [0.05, 0.1) is 6.04 Å². The SMILES string of the molecule is Oc1ccccc1C(Nc1ccc(I)cc1)c1ccc2cccnc2c1O. The zero-order chi connectivity index (χ0) is 18.8. The third-order valence-electron chi connectivity index (χ3n) is 4.49. The van der Waals surface area contributed by atoms with Crippen molar-refractivity contribution in [1.82, 2.24) is 4.98 Å². The minimum absolute atomic E-state index is 0.111. The Morgan fingerprint density at radius 1 is 0.815 bits per heavy atom. The highest BCUT2D eigenvalue weighted by Gasteiger charge is 2.22. The molecule has 0 aliphatic rings. The van der Waals surface area contributed by atoms with Crippen LogP contribution in [0.4, 0.5) is 5.69 Å². The number of aromatic nitrogens is 1. The van der Waals surface area contributed by atoms with E-state index in [1.807, 2.05) is 60.7 Å². The van der Waals surface area contributed by atoms with E-state index in [0.717, 1.165) is 14.6 Å². The van der Waals surface area contributed by atoms with E-state index in [1.165, 1.54) is 0 Å². The van der Waals surface area contributed by atoms with E-state index >= 15 is 0 Å². The van der Waals surface area contributed by atoms with E-state index in [-0.39, 0.29) is 11.5 Å². The molecule has 0 saturated carbocycles. The largest absolute Gasteiger partial charge is 0.508 e. The van der Waals surface area contributed by atoms with Crippen LogP contribution in [0.1, 0.15) is 17.2 Å². The van der Waals surface area contributed by atoms with Gasteiger partial charge in [0.15, 0.2) is 0 Å². The van der Waals surface area contributed by atoms with Crippen molar-refractivity contribution in [3.05, 3.63) is 93.7 Å². The molecule has 0 fully saturated rings. The standard InChI is InChI=1S/C22H17IN2O2/c23-15-8-10-16(11-9-15)25-21(17-5-1-2-6-19(17)26)18-12-7-14-4-3-13-24-20(14)22(18)27/h1-13,21,25-27H. The average Bonchev–Trinajstić information content (AvgIpc) is 2.69. The van der Waals surface area contributed by atoms with Crippen LogP contribution in [0.3, 0.4) is 0 Å². The predicted molar refractivity (Wildman–Crippen MR) is 116 cm³/mol. The molecule has 0 saturated heterocycles. The molecule has 0 spiro atoms. The number of anilines is 1. The van der Waals surface area contributed by atoms with Crippen LogP contribution in [-0.4, -0.2) is 15.2 Å². The molecule has 5 heteroatoms. The zero-order valence-electron chi connectivity index (χ0n) is 14.3. The second kappa shape index (κ2) is 7.44. The lowest BCUT2D eigenvalue weighted by Gasteiger charge is -2.23. The second-order valence-corrected chi connectivity index (χ2v) is 7.47. The van der Waals surface area contributed by atoms with E-state index in [2.05, 4.69) is 32.9 Å². The minimum atomic E-state index is -0.433. The third kappa shape index (κ3) is 3.55. The van der Waals surface area contributed by atoms with Crippen LogP contribution in [0.5, 0.6) is 11.5 Å². The molecule has 1 unspecified atom stereocenters. The highest BCUT2D eigenvalue weighted by atomic mass is 127. The molecule has 4 nitrogen and oxygen atoms in total. The van der Waals surface area contributed by atoms with Gasteiger partial charge in [0.1, 0.15) is 17.0 Å². The Bertz CT molecular complexity index is 1100. The van der Waals surface area contributed by atoms with Gasteiger partial charge in [-0.3, -0.25) is 4.98 Å². The molecule has 0 bridgehead atoms. The number of nitrogens with one attached hydrogen (secondary N) is 1. The van der Waals surface area contributed by atoms with Gasteiger partial charge < -0.3 is 15.5 Å². The maximum absolute atomic E-state index is 10.9. The first-order valence-corrected chi connectivity index (χ1v) is 9.58. The number of hydrogen-bond acceptors (Lipinski definition) is 4. The summed E-state index contributed by atoms with van der Waals surface area (Å²) in [5.41, 5.74) is 2.77. The Hall–Kier alpha value is -2.80. The molecule has 3 N–H and O–H groups in total. The predicted octanol–water partition coefficient (Wildman–Crippen LogP) is 5.45. The van der Waals surface area contributed by atoms with Gasteiger partial charge in [-0.05, 0) is 59.0 Å². The maximum atomic E-state index is 10.9. The van der Waals surface area contributed by atoms with Crippen molar-refractivity contribution in [3.63, 3.8) is 0 Å². The number of aromatic hydroxyl groups is 2. The summed E-state index contributed by atoms with van der Waals surface area (Å²) in [7, 11) is 0. The van der Waals surface area contributed by atoms with E-state index in [9.17, 15) is 10.2 Å². The van der Waals surface area contributed by atoms with Crippen LogP contribution in [0.15, 0.2) is 79.0 Å². The van der Waals surface area contributed by atoms with Gasteiger partial charge in [0, 0.05) is 32.0 Å². The third-order valence-corrected chi connectivity index (χ3v) is 5.21. The number of fused-ring (bicyclic) bond motifs is 1. The van der Waals surface area contributed by atoms with Crippen molar-refractivity contribution in [3.8, 4) is 11.5 Å². The van der Waals surface area contributed by atoms with Crippen molar-refractivity contribution in [2.75, 3.05) is 5.32 Å². The first kappa shape index (κ1) is 17.6. The topological polar surface area (TPSA) is 65.4 Å². The molecule has 4 rings (SSSR count). The Kier molecular flexibility index (Phi) is 4.85. The van der Waals surface area contributed by atoms with Crippen LogP contribution in [0.25, 0.3) is 10.9 Å². The number of phenolic OH excluding ortho intramolecular Hbond substituents is 2. The molecule has 1 atom stereocenters. The fourth-order valence-electron chi connectivity index (χ4n) is 3.15. The zero-order valence-corrected chi connectivity index (χ0v) is 16.5. The number of para-hydroxylation sites is 1. The normalized spacial score (nSPS) is 12.0. The molecule has 27 heavy (non-hydrogen) atoms. The van der Waals surface area contributed by atoms with Crippen LogP contribution >= 0.6 is 22.6 Å². The summed E-state index contributed by atoms with van der Waals surface area (Å²) in [5.74, 6) is 0.278. The molecule has 134 valence electrons. The quantitative estimate of drug-likeness (QED) is 0.349. The van der Waals surface area contributed by atoms with Crippen LogP contribution < -0.4 is 5.32 Å². The lowest BCUT2D eigenvalue weighted by atomic mass is 9.95. The van der Waals surface area contributed by atoms with E-state index < -0.39 is 6.04 Å². The Morgan fingerprint density at radius 3 is 2.37 bits per heavy atom. The number of halogens is 1. The molecular formula is C22H17IN2O2. The summed E-state index contributed by atoms with van der Waals surface area (Å²) in [6.45, 7) is 0. The number of nitrogens with zero attached hydrogens (tertiary/aromatic N) is 1. The van der Waals surface area contributed by atoms with Gasteiger partial charge in [-0.25, -0.2) is 0 Å². The van der Waals surface area contributed by atoms with Gasteiger partial charge in [-0.2, -0.15) is 0 Å². The summed E-state index contributed by atoms with van der Waals surface area (Å²) in [5, 5.41) is 25.6. The second-order valence-electron chi connectivity index (χ2n) is 6.22. The van der Waals surface area contributed by atoms with Crippen LogP contribution in [0.2, 0.25) is 0 Å². The molecular weight excluding hydrogens is 451 g/mol. The average molecular weight is 468 g/mol. The number of benzene rings is 3. The molecule has 1 aromatic heterocycles. The van der Waals surface area contributed by atoms with Gasteiger partial charge in [0.25, 0.3) is 0 Å². The monoisotopic (exact) mass is 468 g/mol. The lowest BCUT2D eigenvalue weighted by molar-refractivity contribution is 0.460. The first-order valence-electron chi connectivity index (χ1n) is 8.50. The number of rotatable bonds is 4. The van der Waals surface area contributed by atoms with Crippen molar-refractivity contribution < 1.29 is 10.2 Å². The first-order chi connectivity index (χ1) is 13.1. The van der Waals surface area contributed by atoms with Crippen molar-refractivity contribution >= 4 is 39.2 Å². The molecule has 0 aliphatic carbocycles. The van der Waals surface area contributed by atoms with Crippen molar-refractivity contribution in [2.24, 2.45) is 0 Å². The number of pyridine rings is 1. The smallest absolute Gasteiger partial charge is 0.147 e. The molecule has 1 heterocycles. The minimum Gasteiger partial charge on any atom is -0.508 e. The number of hydrogen-bond donors (Lipinski definition) is 3. The van der Waals surface area contributed by atoms with E-state index in [0.29, 0.717) is 16.6 Å². The molecule has 0 amide bonds. The molecule has 0 radical (unpaired) electrons. The van der Waals surface area contributed by atoms with E-state index in [4.69, 9.17) is 0 Å². The van der Waals surface area contributed by atoms with Gasteiger partial charge in [-0.1, -0.05) is 36.4 Å². The highest BCUT2D eigenvalue weighted by molar-refractivity contribution is 14.1. The summed E-state index contributed by atoms with van der Waals surface area (Å²) < 4.78 is 1.13. The fourth-order valence-corrected chi connectivity index (χ4v) is 3.51. The number of phenols is 2. The Balaban J connectivity index is 1.86.